The third kappa shape index (κ3) is 5.90. The standard InChI is InChI=1S/C22H31N3O4/c1-6-25(7-2)17-10-8-16(9-11-17)21(27)23-18(12-14(3)4)22(28)24-20-15(5)29-13-19(20)26/h8-11,15,18,20H,3,6-7,12-13H2,1-2,4-5H3,(H,23,27)(H,24,28)/t15-,18?,20+/m1/s1. The van der Waals surface area contributed by atoms with Crippen LogP contribution in [0.25, 0.3) is 0 Å². The summed E-state index contributed by atoms with van der Waals surface area (Å²) in [7, 11) is 0. The van der Waals surface area contributed by atoms with Gasteiger partial charge in [0.25, 0.3) is 5.91 Å². The van der Waals surface area contributed by atoms with Gasteiger partial charge in [-0.05, 0) is 58.4 Å². The van der Waals surface area contributed by atoms with E-state index in [-0.39, 0.29) is 30.8 Å². The van der Waals surface area contributed by atoms with Crippen LogP contribution in [0.15, 0.2) is 36.4 Å². The maximum atomic E-state index is 12.7. The van der Waals surface area contributed by atoms with Crippen molar-refractivity contribution in [1.29, 1.82) is 0 Å². The minimum absolute atomic E-state index is 0.0114. The molecule has 3 atom stereocenters. The summed E-state index contributed by atoms with van der Waals surface area (Å²) in [4.78, 5) is 39.5. The highest BCUT2D eigenvalue weighted by molar-refractivity contribution is 5.99. The Kier molecular flexibility index (Phi) is 7.96. The Labute approximate surface area is 172 Å². The van der Waals surface area contributed by atoms with E-state index in [4.69, 9.17) is 4.74 Å². The zero-order chi connectivity index (χ0) is 21.6. The quantitative estimate of drug-likeness (QED) is 0.619. The third-order valence-electron chi connectivity index (χ3n) is 5.04. The van der Waals surface area contributed by atoms with Gasteiger partial charge in [-0.15, -0.1) is 6.58 Å². The molecule has 1 aliphatic heterocycles. The second kappa shape index (κ2) is 10.2. The van der Waals surface area contributed by atoms with Gasteiger partial charge in [0.2, 0.25) is 5.91 Å². The number of anilines is 1. The zero-order valence-electron chi connectivity index (χ0n) is 17.7. The second-order valence-corrected chi connectivity index (χ2v) is 7.38. The van der Waals surface area contributed by atoms with Crippen molar-refractivity contribution in [1.82, 2.24) is 10.6 Å². The number of rotatable bonds is 9. The van der Waals surface area contributed by atoms with Crippen molar-refractivity contribution in [2.24, 2.45) is 0 Å². The number of Topliss-reactive ketones (excluding diaryl/α,β-unsaturated/α-hetero) is 1. The van der Waals surface area contributed by atoms with E-state index in [1.807, 2.05) is 12.1 Å². The molecule has 0 spiro atoms. The minimum atomic E-state index is -0.817. The van der Waals surface area contributed by atoms with Gasteiger partial charge in [0, 0.05) is 24.3 Å². The summed E-state index contributed by atoms with van der Waals surface area (Å²) in [5, 5.41) is 5.47. The molecule has 7 heteroatoms. The molecule has 1 saturated heterocycles. The maximum absolute atomic E-state index is 12.7. The molecule has 1 heterocycles. The van der Waals surface area contributed by atoms with Crippen molar-refractivity contribution < 1.29 is 19.1 Å². The van der Waals surface area contributed by atoms with Gasteiger partial charge >= 0.3 is 0 Å². The summed E-state index contributed by atoms with van der Waals surface area (Å²) in [6, 6.07) is 5.77. The zero-order valence-corrected chi connectivity index (χ0v) is 17.7. The minimum Gasteiger partial charge on any atom is -0.372 e. The van der Waals surface area contributed by atoms with Crippen LogP contribution in [0.2, 0.25) is 0 Å². The van der Waals surface area contributed by atoms with Crippen LogP contribution >= 0.6 is 0 Å². The molecule has 0 aliphatic carbocycles. The Morgan fingerprint density at radius 2 is 1.86 bits per heavy atom. The van der Waals surface area contributed by atoms with Crippen LogP contribution in [-0.4, -0.2) is 55.5 Å². The largest absolute Gasteiger partial charge is 0.372 e. The first-order valence-electron chi connectivity index (χ1n) is 10.0. The molecule has 0 aromatic heterocycles. The molecule has 1 aromatic carbocycles. The fourth-order valence-electron chi connectivity index (χ4n) is 3.32. The van der Waals surface area contributed by atoms with Gasteiger partial charge in [0.15, 0.2) is 5.78 Å². The van der Waals surface area contributed by atoms with Crippen LogP contribution in [0.4, 0.5) is 5.69 Å². The molecule has 2 N–H and O–H groups in total. The van der Waals surface area contributed by atoms with Crippen molar-refractivity contribution in [3.05, 3.63) is 42.0 Å². The molecule has 158 valence electrons. The van der Waals surface area contributed by atoms with Gasteiger partial charge in [0.1, 0.15) is 18.7 Å². The smallest absolute Gasteiger partial charge is 0.251 e. The van der Waals surface area contributed by atoms with E-state index < -0.39 is 18.0 Å². The van der Waals surface area contributed by atoms with E-state index in [1.165, 1.54) is 0 Å². The average Bonchev–Trinajstić information content (AvgIpc) is 3.00. The van der Waals surface area contributed by atoms with Gasteiger partial charge in [-0.1, -0.05) is 5.57 Å². The maximum Gasteiger partial charge on any atom is 0.251 e. The number of hydrogen-bond donors (Lipinski definition) is 2. The summed E-state index contributed by atoms with van der Waals surface area (Å²) in [6.45, 7) is 13.3. The van der Waals surface area contributed by atoms with Gasteiger partial charge in [-0.3, -0.25) is 14.4 Å². The third-order valence-corrected chi connectivity index (χ3v) is 5.04. The summed E-state index contributed by atoms with van der Waals surface area (Å²) in [6.07, 6.45) is -0.106. The molecule has 1 aliphatic rings. The lowest BCUT2D eigenvalue weighted by molar-refractivity contribution is -0.127. The van der Waals surface area contributed by atoms with Crippen LogP contribution < -0.4 is 15.5 Å². The lowest BCUT2D eigenvalue weighted by atomic mass is 10.0. The summed E-state index contributed by atoms with van der Waals surface area (Å²) in [5.41, 5.74) is 2.26. The van der Waals surface area contributed by atoms with E-state index in [0.717, 1.165) is 24.4 Å². The molecular weight excluding hydrogens is 370 g/mol. The Morgan fingerprint density at radius 3 is 2.34 bits per heavy atom. The topological polar surface area (TPSA) is 87.7 Å². The summed E-state index contributed by atoms with van der Waals surface area (Å²) < 4.78 is 5.27. The molecular formula is C22H31N3O4. The number of hydrogen-bond acceptors (Lipinski definition) is 5. The number of amides is 2. The number of carbonyl (C=O) groups is 3. The van der Waals surface area contributed by atoms with Crippen molar-refractivity contribution in [3.63, 3.8) is 0 Å². The molecule has 29 heavy (non-hydrogen) atoms. The van der Waals surface area contributed by atoms with Crippen LogP contribution in [-0.2, 0) is 14.3 Å². The van der Waals surface area contributed by atoms with E-state index in [0.29, 0.717) is 5.56 Å². The second-order valence-electron chi connectivity index (χ2n) is 7.38. The number of benzene rings is 1. The SMILES string of the molecule is C=C(C)CC(NC(=O)c1ccc(N(CC)CC)cc1)C(=O)N[C@@H]1C(=O)CO[C@@H]1C. The molecule has 1 unspecified atom stereocenters. The Morgan fingerprint density at radius 1 is 1.24 bits per heavy atom. The van der Waals surface area contributed by atoms with E-state index in [2.05, 4.69) is 36.0 Å². The van der Waals surface area contributed by atoms with Gasteiger partial charge in [-0.2, -0.15) is 0 Å². The monoisotopic (exact) mass is 401 g/mol. The first-order chi connectivity index (χ1) is 13.8. The van der Waals surface area contributed by atoms with E-state index in [9.17, 15) is 14.4 Å². The summed E-state index contributed by atoms with van der Waals surface area (Å²) >= 11 is 0. The fraction of sp³-hybridized carbons (Fsp3) is 0.500. The van der Waals surface area contributed by atoms with Crippen molar-refractivity contribution in [2.75, 3.05) is 24.6 Å². The number of ketones is 1. The molecule has 0 bridgehead atoms. The highest BCUT2D eigenvalue weighted by atomic mass is 16.5. The highest BCUT2D eigenvalue weighted by Gasteiger charge is 2.35. The van der Waals surface area contributed by atoms with Crippen LogP contribution in [0.1, 0.15) is 44.5 Å². The normalized spacial score (nSPS) is 19.5. The summed E-state index contributed by atoms with van der Waals surface area (Å²) in [5.74, 6) is -0.936. The number of nitrogens with one attached hydrogen (secondary N) is 2. The molecule has 0 saturated carbocycles. The number of carbonyl (C=O) groups excluding carboxylic acids is 3. The van der Waals surface area contributed by atoms with Gasteiger partial charge < -0.3 is 20.3 Å². The van der Waals surface area contributed by atoms with Crippen molar-refractivity contribution >= 4 is 23.3 Å². The average molecular weight is 402 g/mol. The Hall–Kier alpha value is -2.67. The predicted molar refractivity (Wildman–Crippen MR) is 113 cm³/mol. The lowest BCUT2D eigenvalue weighted by Crippen LogP contribution is -2.53. The molecule has 7 nitrogen and oxygen atoms in total. The van der Waals surface area contributed by atoms with Gasteiger partial charge in [-0.25, -0.2) is 0 Å². The molecule has 1 fully saturated rings. The van der Waals surface area contributed by atoms with E-state index >= 15 is 0 Å². The molecule has 1 aromatic rings. The van der Waals surface area contributed by atoms with Crippen LogP contribution in [0.3, 0.4) is 0 Å². The predicted octanol–water partition coefficient (Wildman–Crippen LogP) is 2.07. The molecule has 2 rings (SSSR count). The number of ether oxygens (including phenoxy) is 1. The Balaban J connectivity index is 2.08. The van der Waals surface area contributed by atoms with Crippen molar-refractivity contribution in [2.45, 2.75) is 52.3 Å². The Bertz CT molecular complexity index is 756. The fourth-order valence-corrected chi connectivity index (χ4v) is 3.32. The first kappa shape index (κ1) is 22.6. The molecule has 2 amide bonds. The van der Waals surface area contributed by atoms with Gasteiger partial charge in [0.05, 0.1) is 6.10 Å². The van der Waals surface area contributed by atoms with Crippen LogP contribution in [0.5, 0.6) is 0 Å². The van der Waals surface area contributed by atoms with Crippen molar-refractivity contribution in [3.8, 4) is 0 Å². The lowest BCUT2D eigenvalue weighted by Gasteiger charge is -2.23. The highest BCUT2D eigenvalue weighted by Crippen LogP contribution is 2.16. The van der Waals surface area contributed by atoms with Crippen LogP contribution in [0, 0.1) is 0 Å². The first-order valence-corrected chi connectivity index (χ1v) is 10.0. The van der Waals surface area contributed by atoms with E-state index in [1.54, 1.807) is 26.0 Å². The number of nitrogens with zero attached hydrogens (tertiary/aromatic N) is 1. The molecule has 0 radical (unpaired) electrons.